The van der Waals surface area contributed by atoms with Crippen molar-refractivity contribution >= 4 is 23.8 Å². The van der Waals surface area contributed by atoms with Crippen molar-refractivity contribution in [2.24, 2.45) is 0 Å². The first-order valence-electron chi connectivity index (χ1n) is 6.81. The van der Waals surface area contributed by atoms with E-state index in [1.807, 2.05) is 0 Å². The number of amides is 1. The molecule has 1 aromatic rings. The van der Waals surface area contributed by atoms with Crippen LogP contribution < -0.4 is 20.9 Å². The van der Waals surface area contributed by atoms with Gasteiger partial charge in [0.05, 0.1) is 0 Å². The Morgan fingerprint density at radius 3 is 2.40 bits per heavy atom. The number of nitrogens with zero attached hydrogens (tertiary/aromatic N) is 4. The van der Waals surface area contributed by atoms with Crippen molar-refractivity contribution in [1.29, 1.82) is 0 Å². The number of carbonyl (C=O) groups is 1. The molecule has 1 aliphatic rings. The fourth-order valence-corrected chi connectivity index (χ4v) is 2.08. The zero-order chi connectivity index (χ0) is 14.5. The fraction of sp³-hybridized carbons (Fsp3) is 0.667. The quantitative estimate of drug-likeness (QED) is 0.701. The molecule has 8 heteroatoms. The van der Waals surface area contributed by atoms with E-state index in [2.05, 4.69) is 35.8 Å². The summed E-state index contributed by atoms with van der Waals surface area (Å²) >= 11 is 0. The highest BCUT2D eigenvalue weighted by atomic mass is 16.2. The third-order valence-corrected chi connectivity index (χ3v) is 3.22. The van der Waals surface area contributed by atoms with Crippen molar-refractivity contribution in [2.45, 2.75) is 25.8 Å². The van der Waals surface area contributed by atoms with Gasteiger partial charge in [0.25, 0.3) is 0 Å². The van der Waals surface area contributed by atoms with Gasteiger partial charge in [-0.1, -0.05) is 0 Å². The molecular weight excluding hydrogens is 258 g/mol. The van der Waals surface area contributed by atoms with Crippen molar-refractivity contribution in [3.63, 3.8) is 0 Å². The Hall–Kier alpha value is -2.12. The third kappa shape index (κ3) is 3.25. The van der Waals surface area contributed by atoms with E-state index in [0.29, 0.717) is 17.8 Å². The third-order valence-electron chi connectivity index (χ3n) is 3.22. The molecule has 0 bridgehead atoms. The Balaban J connectivity index is 2.19. The Labute approximate surface area is 118 Å². The molecule has 2 rings (SSSR count). The summed E-state index contributed by atoms with van der Waals surface area (Å²) in [6.45, 7) is 3.67. The summed E-state index contributed by atoms with van der Waals surface area (Å²) in [5.41, 5.74) is 0. The second kappa shape index (κ2) is 6.36. The number of rotatable bonds is 5. The van der Waals surface area contributed by atoms with Crippen LogP contribution in [0, 0.1) is 0 Å². The summed E-state index contributed by atoms with van der Waals surface area (Å²) in [7, 11) is 3.36. The normalized spacial score (nSPS) is 15.8. The molecule has 2 heterocycles. The first kappa shape index (κ1) is 14.3. The molecule has 8 nitrogen and oxygen atoms in total. The second-order valence-corrected chi connectivity index (χ2v) is 4.71. The Morgan fingerprint density at radius 1 is 1.15 bits per heavy atom. The highest BCUT2D eigenvalue weighted by Crippen LogP contribution is 2.18. The monoisotopic (exact) mass is 279 g/mol. The van der Waals surface area contributed by atoms with E-state index in [-0.39, 0.29) is 5.91 Å². The van der Waals surface area contributed by atoms with Crippen LogP contribution in [-0.2, 0) is 4.79 Å². The van der Waals surface area contributed by atoms with Gasteiger partial charge in [0, 0.05) is 27.2 Å². The van der Waals surface area contributed by atoms with Gasteiger partial charge < -0.3 is 20.9 Å². The van der Waals surface area contributed by atoms with Crippen LogP contribution in [0.1, 0.15) is 19.8 Å². The summed E-state index contributed by atoms with van der Waals surface area (Å²) < 4.78 is 0. The fourth-order valence-electron chi connectivity index (χ4n) is 2.08. The van der Waals surface area contributed by atoms with E-state index in [9.17, 15) is 4.79 Å². The number of likely N-dealkylation sites (N-methyl/N-ethyl adjacent to an activating group) is 1. The molecule has 20 heavy (non-hydrogen) atoms. The van der Waals surface area contributed by atoms with E-state index < -0.39 is 6.04 Å². The molecule has 1 fully saturated rings. The lowest BCUT2D eigenvalue weighted by molar-refractivity contribution is -0.121. The van der Waals surface area contributed by atoms with E-state index in [4.69, 9.17) is 0 Å². The predicted molar refractivity (Wildman–Crippen MR) is 78.0 cm³/mol. The highest BCUT2D eigenvalue weighted by Gasteiger charge is 2.18. The van der Waals surface area contributed by atoms with Crippen LogP contribution in [0.4, 0.5) is 17.8 Å². The van der Waals surface area contributed by atoms with E-state index in [1.165, 1.54) is 0 Å². The van der Waals surface area contributed by atoms with Gasteiger partial charge >= 0.3 is 0 Å². The van der Waals surface area contributed by atoms with Crippen molar-refractivity contribution in [1.82, 2.24) is 20.3 Å². The van der Waals surface area contributed by atoms with E-state index >= 15 is 0 Å². The average molecular weight is 279 g/mol. The number of anilines is 3. The molecule has 1 amide bonds. The lowest BCUT2D eigenvalue weighted by Crippen LogP contribution is -2.36. The molecule has 1 aromatic heterocycles. The molecule has 1 aliphatic heterocycles. The van der Waals surface area contributed by atoms with Gasteiger partial charge in [0.2, 0.25) is 23.8 Å². The van der Waals surface area contributed by atoms with E-state index in [1.54, 1.807) is 21.0 Å². The van der Waals surface area contributed by atoms with Gasteiger partial charge in [-0.2, -0.15) is 15.0 Å². The van der Waals surface area contributed by atoms with Gasteiger partial charge in [-0.3, -0.25) is 4.79 Å². The first-order valence-corrected chi connectivity index (χ1v) is 6.81. The van der Waals surface area contributed by atoms with Crippen LogP contribution in [0.3, 0.4) is 0 Å². The number of aromatic nitrogens is 3. The largest absolute Gasteiger partial charge is 0.357 e. The lowest BCUT2D eigenvalue weighted by atomic mass is 10.3. The summed E-state index contributed by atoms with van der Waals surface area (Å²) in [6, 6.07) is -0.404. The Bertz CT molecular complexity index is 473. The van der Waals surface area contributed by atoms with Crippen LogP contribution in [-0.4, -0.2) is 54.1 Å². The maximum Gasteiger partial charge on any atom is 0.242 e. The molecule has 1 atom stereocenters. The molecule has 0 spiro atoms. The molecule has 0 aromatic carbocycles. The summed E-state index contributed by atoms with van der Waals surface area (Å²) in [6.07, 6.45) is 2.30. The van der Waals surface area contributed by atoms with Crippen LogP contribution >= 0.6 is 0 Å². The van der Waals surface area contributed by atoms with Gasteiger partial charge in [0.1, 0.15) is 6.04 Å². The predicted octanol–water partition coefficient (Wildman–Crippen LogP) is 0.0599. The molecule has 1 unspecified atom stereocenters. The lowest BCUT2D eigenvalue weighted by Gasteiger charge is -2.18. The molecule has 0 radical (unpaired) electrons. The van der Waals surface area contributed by atoms with Crippen molar-refractivity contribution in [3.8, 4) is 0 Å². The molecule has 3 N–H and O–H groups in total. The van der Waals surface area contributed by atoms with Crippen LogP contribution in [0.25, 0.3) is 0 Å². The SMILES string of the molecule is CNC(=O)C(C)Nc1nc(NC)nc(N2CCCC2)n1. The van der Waals surface area contributed by atoms with Crippen molar-refractivity contribution in [2.75, 3.05) is 42.7 Å². The first-order chi connectivity index (χ1) is 9.63. The van der Waals surface area contributed by atoms with Crippen LogP contribution in [0.5, 0.6) is 0 Å². The van der Waals surface area contributed by atoms with Gasteiger partial charge in [0.15, 0.2) is 0 Å². The van der Waals surface area contributed by atoms with Crippen molar-refractivity contribution < 1.29 is 4.79 Å². The Morgan fingerprint density at radius 2 is 1.80 bits per heavy atom. The summed E-state index contributed by atoms with van der Waals surface area (Å²) in [5, 5.41) is 8.49. The molecular formula is C12H21N7O. The highest BCUT2D eigenvalue weighted by molar-refractivity contribution is 5.83. The number of nitrogens with one attached hydrogen (secondary N) is 3. The number of hydrogen-bond acceptors (Lipinski definition) is 7. The van der Waals surface area contributed by atoms with Gasteiger partial charge in [-0.15, -0.1) is 0 Å². The van der Waals surface area contributed by atoms with Gasteiger partial charge in [-0.05, 0) is 19.8 Å². The smallest absolute Gasteiger partial charge is 0.242 e. The standard InChI is InChI=1S/C12H21N7O/c1-8(9(20)13-2)15-11-16-10(14-3)17-12(18-11)19-6-4-5-7-19/h8H,4-7H2,1-3H3,(H,13,20)(H2,14,15,16,17,18). The van der Waals surface area contributed by atoms with Gasteiger partial charge in [-0.25, -0.2) is 0 Å². The minimum atomic E-state index is -0.404. The maximum absolute atomic E-state index is 11.5. The Kier molecular flexibility index (Phi) is 4.54. The van der Waals surface area contributed by atoms with Crippen LogP contribution in [0.15, 0.2) is 0 Å². The molecule has 0 saturated carbocycles. The van der Waals surface area contributed by atoms with Crippen LogP contribution in [0.2, 0.25) is 0 Å². The zero-order valence-electron chi connectivity index (χ0n) is 12.1. The average Bonchev–Trinajstić information content (AvgIpc) is 3.00. The molecule has 1 saturated heterocycles. The van der Waals surface area contributed by atoms with Crippen molar-refractivity contribution in [3.05, 3.63) is 0 Å². The van der Waals surface area contributed by atoms with E-state index in [0.717, 1.165) is 25.9 Å². The maximum atomic E-state index is 11.5. The summed E-state index contributed by atoms with van der Waals surface area (Å²) in [4.78, 5) is 26.6. The molecule has 110 valence electrons. The second-order valence-electron chi connectivity index (χ2n) is 4.71. The zero-order valence-corrected chi connectivity index (χ0v) is 12.1. The minimum absolute atomic E-state index is 0.112. The number of hydrogen-bond donors (Lipinski definition) is 3. The summed E-state index contributed by atoms with van der Waals surface area (Å²) in [5.74, 6) is 1.43. The topological polar surface area (TPSA) is 95.1 Å². The minimum Gasteiger partial charge on any atom is -0.357 e. The number of carbonyl (C=O) groups excluding carboxylic acids is 1. The molecule has 0 aliphatic carbocycles.